The van der Waals surface area contributed by atoms with E-state index in [2.05, 4.69) is 10.5 Å². The number of aryl methyl sites for hydroxylation is 2. The minimum atomic E-state index is -3.27. The molecule has 1 N–H and O–H groups in total. The first-order valence-electron chi connectivity index (χ1n) is 12.4. The van der Waals surface area contributed by atoms with Gasteiger partial charge in [0.1, 0.15) is 0 Å². The molecule has 1 aromatic heterocycles. The number of nitrogens with one attached hydrogen (secondary N) is 1. The quantitative estimate of drug-likeness (QED) is 0.286. The van der Waals surface area contributed by atoms with Crippen molar-refractivity contribution in [1.82, 2.24) is 10.1 Å². The third-order valence-corrected chi connectivity index (χ3v) is 9.02. The van der Waals surface area contributed by atoms with E-state index >= 15 is 0 Å². The maximum Gasteiger partial charge on any atom is 0.257 e. The van der Waals surface area contributed by atoms with Crippen molar-refractivity contribution in [3.8, 4) is 11.5 Å². The first-order chi connectivity index (χ1) is 18.1. The van der Waals surface area contributed by atoms with Crippen molar-refractivity contribution in [2.75, 3.05) is 11.1 Å². The molecular formula is C29H28ClN3O4S. The fourth-order valence-corrected chi connectivity index (χ4v) is 6.01. The lowest BCUT2D eigenvalue weighted by Crippen LogP contribution is -2.17. The van der Waals surface area contributed by atoms with Gasteiger partial charge in [0, 0.05) is 16.3 Å². The summed E-state index contributed by atoms with van der Waals surface area (Å²) >= 11 is 6.00. The fourth-order valence-electron chi connectivity index (χ4n) is 5.00. The summed E-state index contributed by atoms with van der Waals surface area (Å²) in [5.74, 6) is 0.995. The monoisotopic (exact) mass is 549 g/mol. The highest BCUT2D eigenvalue weighted by molar-refractivity contribution is 7.91. The number of benzene rings is 3. The molecule has 0 bridgehead atoms. The normalized spacial score (nSPS) is 14.3. The third kappa shape index (κ3) is 5.11. The van der Waals surface area contributed by atoms with Crippen LogP contribution in [-0.2, 0) is 26.5 Å². The van der Waals surface area contributed by atoms with Gasteiger partial charge in [-0.15, -0.1) is 0 Å². The topological polar surface area (TPSA) is 102 Å². The zero-order valence-electron chi connectivity index (χ0n) is 21.4. The van der Waals surface area contributed by atoms with Crippen LogP contribution in [-0.4, -0.2) is 30.2 Å². The lowest BCUT2D eigenvalue weighted by atomic mass is 9.87. The molecule has 1 fully saturated rings. The van der Waals surface area contributed by atoms with Crippen molar-refractivity contribution in [1.29, 1.82) is 0 Å². The summed E-state index contributed by atoms with van der Waals surface area (Å²) < 4.78 is 29.6. The maximum absolute atomic E-state index is 12.7. The van der Waals surface area contributed by atoms with Crippen molar-refractivity contribution < 1.29 is 17.7 Å². The molecule has 0 spiro atoms. The number of rotatable bonds is 8. The van der Waals surface area contributed by atoms with E-state index in [1.54, 1.807) is 43.3 Å². The fraction of sp³-hybridized carbons (Fsp3) is 0.276. The van der Waals surface area contributed by atoms with Crippen molar-refractivity contribution >= 4 is 33.0 Å². The molecule has 196 valence electrons. The van der Waals surface area contributed by atoms with Crippen molar-refractivity contribution in [3.63, 3.8) is 0 Å². The highest BCUT2D eigenvalue weighted by Gasteiger charge is 2.51. The predicted octanol–water partition coefficient (Wildman–Crippen LogP) is 6.06. The number of carbonyl (C=O) groups excluding carboxylic acids is 1. The molecule has 3 aromatic carbocycles. The lowest BCUT2D eigenvalue weighted by molar-refractivity contribution is -0.115. The van der Waals surface area contributed by atoms with Crippen LogP contribution in [0.25, 0.3) is 11.5 Å². The Hall–Kier alpha value is -3.49. The van der Waals surface area contributed by atoms with Crippen LogP contribution >= 0.6 is 11.6 Å². The van der Waals surface area contributed by atoms with Crippen LogP contribution in [0, 0.1) is 13.8 Å². The average Bonchev–Trinajstić information content (AvgIpc) is 3.51. The SMILES string of the molecule is CCS(=O)(=O)c1ccc(CC(=O)Nc2cc(C)c(C3(c4noc(-c5ccc(Cl)cc5)n4)CC3)c(C)c2)cc1. The van der Waals surface area contributed by atoms with E-state index in [1.807, 2.05) is 38.1 Å². The average molecular weight is 550 g/mol. The van der Waals surface area contributed by atoms with E-state index in [0.717, 1.165) is 40.7 Å². The van der Waals surface area contributed by atoms with Gasteiger partial charge in [0.2, 0.25) is 5.91 Å². The van der Waals surface area contributed by atoms with Gasteiger partial charge >= 0.3 is 0 Å². The molecule has 1 saturated carbocycles. The van der Waals surface area contributed by atoms with Crippen molar-refractivity contribution in [3.05, 3.63) is 93.8 Å². The van der Waals surface area contributed by atoms with Gasteiger partial charge in [-0.05, 0) is 97.5 Å². The molecule has 0 unspecified atom stereocenters. The van der Waals surface area contributed by atoms with Gasteiger partial charge in [0.25, 0.3) is 5.89 Å². The van der Waals surface area contributed by atoms with Crippen LogP contribution in [0.15, 0.2) is 70.1 Å². The molecular weight excluding hydrogens is 522 g/mol. The van der Waals surface area contributed by atoms with Gasteiger partial charge in [-0.3, -0.25) is 4.79 Å². The summed E-state index contributed by atoms with van der Waals surface area (Å²) in [6, 6.07) is 17.7. The first kappa shape index (κ1) is 26.1. The third-order valence-electron chi connectivity index (χ3n) is 7.02. The van der Waals surface area contributed by atoms with Gasteiger partial charge in [0.05, 0.1) is 22.5 Å². The van der Waals surface area contributed by atoms with Crippen molar-refractivity contribution in [2.24, 2.45) is 0 Å². The molecule has 9 heteroatoms. The standard InChI is InChI=1S/C29H28ClN3O4S/c1-4-38(35,36)24-11-5-20(6-12-24)17-25(34)31-23-15-18(2)26(19(3)16-23)29(13-14-29)28-32-27(37-33-28)21-7-9-22(30)10-8-21/h5-12,15-16H,4,13-14,17H2,1-3H3,(H,31,34). The van der Waals surface area contributed by atoms with E-state index in [0.29, 0.717) is 22.4 Å². The minimum absolute atomic E-state index is 0.0407. The largest absolute Gasteiger partial charge is 0.334 e. The molecule has 38 heavy (non-hydrogen) atoms. The van der Waals surface area contributed by atoms with E-state index in [4.69, 9.17) is 21.1 Å². The van der Waals surface area contributed by atoms with Gasteiger partial charge in [-0.2, -0.15) is 4.98 Å². The molecule has 0 atom stereocenters. The van der Waals surface area contributed by atoms with Crippen LogP contribution in [0.4, 0.5) is 5.69 Å². The van der Waals surface area contributed by atoms with Gasteiger partial charge in [-0.25, -0.2) is 8.42 Å². The number of sulfone groups is 1. The molecule has 0 aliphatic heterocycles. The summed E-state index contributed by atoms with van der Waals surface area (Å²) in [5, 5.41) is 7.95. The number of aromatic nitrogens is 2. The highest BCUT2D eigenvalue weighted by Crippen LogP contribution is 2.54. The first-order valence-corrected chi connectivity index (χ1v) is 14.5. The van der Waals surface area contributed by atoms with Crippen LogP contribution in [0.5, 0.6) is 0 Å². The second-order valence-electron chi connectivity index (χ2n) is 9.77. The Morgan fingerprint density at radius 1 is 1.03 bits per heavy atom. The molecule has 1 aliphatic rings. The van der Waals surface area contributed by atoms with Crippen molar-refractivity contribution in [2.45, 2.75) is 50.3 Å². The number of amides is 1. The van der Waals surface area contributed by atoms with Crippen LogP contribution in [0.3, 0.4) is 0 Å². The number of nitrogens with zero attached hydrogens (tertiary/aromatic N) is 2. The van der Waals surface area contributed by atoms with E-state index in [-0.39, 0.29) is 28.4 Å². The molecule has 4 aromatic rings. The molecule has 1 aliphatic carbocycles. The minimum Gasteiger partial charge on any atom is -0.334 e. The summed E-state index contributed by atoms with van der Waals surface area (Å²) in [5.41, 5.74) is 5.22. The lowest BCUT2D eigenvalue weighted by Gasteiger charge is -2.19. The Labute approximate surface area is 227 Å². The van der Waals surface area contributed by atoms with Crippen LogP contribution < -0.4 is 5.32 Å². The zero-order chi connectivity index (χ0) is 27.1. The maximum atomic E-state index is 12.7. The molecule has 0 radical (unpaired) electrons. The Morgan fingerprint density at radius 3 is 2.24 bits per heavy atom. The number of halogens is 1. The highest BCUT2D eigenvalue weighted by atomic mass is 35.5. The zero-order valence-corrected chi connectivity index (χ0v) is 23.0. The summed E-state index contributed by atoms with van der Waals surface area (Å²) in [7, 11) is -3.27. The van der Waals surface area contributed by atoms with E-state index in [9.17, 15) is 13.2 Å². The molecule has 1 amide bonds. The Bertz CT molecular complexity index is 1580. The summed E-state index contributed by atoms with van der Waals surface area (Å²) in [6.45, 7) is 5.67. The van der Waals surface area contributed by atoms with Gasteiger partial charge in [0.15, 0.2) is 15.7 Å². The van der Waals surface area contributed by atoms with Crippen LogP contribution in [0.2, 0.25) is 5.02 Å². The van der Waals surface area contributed by atoms with E-state index in [1.165, 1.54) is 0 Å². The molecule has 0 saturated heterocycles. The number of carbonyl (C=O) groups is 1. The smallest absolute Gasteiger partial charge is 0.257 e. The van der Waals surface area contributed by atoms with Gasteiger partial charge < -0.3 is 9.84 Å². The van der Waals surface area contributed by atoms with E-state index < -0.39 is 9.84 Å². The molecule has 5 rings (SSSR count). The Morgan fingerprint density at radius 2 is 1.66 bits per heavy atom. The summed E-state index contributed by atoms with van der Waals surface area (Å²) in [4.78, 5) is 17.7. The number of hydrogen-bond acceptors (Lipinski definition) is 6. The Kier molecular flexibility index (Phi) is 6.88. The molecule has 1 heterocycles. The summed E-state index contributed by atoms with van der Waals surface area (Å²) in [6.07, 6.45) is 1.99. The Balaban J connectivity index is 1.32. The predicted molar refractivity (Wildman–Crippen MR) is 147 cm³/mol. The second kappa shape index (κ2) is 10.0. The number of anilines is 1. The second-order valence-corrected chi connectivity index (χ2v) is 12.5. The molecule has 7 nitrogen and oxygen atoms in total. The van der Waals surface area contributed by atoms with Gasteiger partial charge in [-0.1, -0.05) is 35.8 Å². The van der Waals surface area contributed by atoms with Crippen LogP contribution in [0.1, 0.15) is 47.8 Å². The number of hydrogen-bond donors (Lipinski definition) is 1.